The zero-order valence-electron chi connectivity index (χ0n) is 6.99. The first-order chi connectivity index (χ1) is 6.31. The summed E-state index contributed by atoms with van der Waals surface area (Å²) in [4.78, 5) is 18.5. The number of fused-ring (bicyclic) bond motifs is 1. The Morgan fingerprint density at radius 2 is 2.31 bits per heavy atom. The van der Waals surface area contributed by atoms with E-state index in [1.807, 2.05) is 0 Å². The first-order valence-electron chi connectivity index (χ1n) is 3.99. The Hall–Kier alpha value is -1.49. The van der Waals surface area contributed by atoms with E-state index in [0.29, 0.717) is 31.6 Å². The summed E-state index contributed by atoms with van der Waals surface area (Å²) in [5.41, 5.74) is 7.42. The van der Waals surface area contributed by atoms with Crippen LogP contribution in [-0.2, 0) is 17.8 Å². The van der Waals surface area contributed by atoms with Crippen LogP contribution in [0.3, 0.4) is 0 Å². The minimum absolute atomic E-state index is 0.131. The minimum Gasteiger partial charge on any atom is -0.375 e. The Morgan fingerprint density at radius 1 is 1.46 bits per heavy atom. The van der Waals surface area contributed by atoms with Gasteiger partial charge in [-0.05, 0) is 6.42 Å². The summed E-state index contributed by atoms with van der Waals surface area (Å²) in [6.07, 6.45) is 1.39. The standard InChI is InChI=1S/C8H9N3O2/c9-8-10-6(3-12)5-1-2-13-4-7(5)11-8/h3H,1-2,4H2,(H2,9,10,11). The number of rotatable bonds is 1. The Balaban J connectivity index is 2.56. The monoisotopic (exact) mass is 179 g/mol. The van der Waals surface area contributed by atoms with Crippen LogP contribution in [0.25, 0.3) is 0 Å². The molecule has 0 fully saturated rings. The molecule has 0 atom stereocenters. The van der Waals surface area contributed by atoms with Crippen molar-refractivity contribution in [2.24, 2.45) is 0 Å². The van der Waals surface area contributed by atoms with E-state index in [2.05, 4.69) is 9.97 Å². The fraction of sp³-hybridized carbons (Fsp3) is 0.375. The van der Waals surface area contributed by atoms with Crippen molar-refractivity contribution in [2.45, 2.75) is 13.0 Å². The molecule has 0 amide bonds. The van der Waals surface area contributed by atoms with Gasteiger partial charge in [0.15, 0.2) is 6.29 Å². The van der Waals surface area contributed by atoms with Crippen molar-refractivity contribution in [1.29, 1.82) is 0 Å². The van der Waals surface area contributed by atoms with Gasteiger partial charge >= 0.3 is 0 Å². The number of ether oxygens (including phenoxy) is 1. The first kappa shape index (κ1) is 8.12. The minimum atomic E-state index is 0.131. The van der Waals surface area contributed by atoms with Crippen LogP contribution in [0.2, 0.25) is 0 Å². The molecule has 0 aromatic carbocycles. The van der Waals surface area contributed by atoms with Gasteiger partial charge in [-0.3, -0.25) is 4.79 Å². The molecule has 1 aliphatic rings. The number of carbonyl (C=O) groups is 1. The Labute approximate surface area is 74.9 Å². The van der Waals surface area contributed by atoms with Crippen LogP contribution < -0.4 is 5.73 Å². The third kappa shape index (κ3) is 1.38. The summed E-state index contributed by atoms with van der Waals surface area (Å²) in [7, 11) is 0. The van der Waals surface area contributed by atoms with Crippen LogP contribution in [0.15, 0.2) is 0 Å². The van der Waals surface area contributed by atoms with Crippen molar-refractivity contribution >= 4 is 12.2 Å². The smallest absolute Gasteiger partial charge is 0.220 e. The average molecular weight is 179 g/mol. The van der Waals surface area contributed by atoms with Crippen LogP contribution in [0.1, 0.15) is 21.7 Å². The van der Waals surface area contributed by atoms with E-state index in [1.54, 1.807) is 0 Å². The molecule has 1 aliphatic heterocycles. The number of anilines is 1. The second-order valence-corrected chi connectivity index (χ2v) is 2.81. The van der Waals surface area contributed by atoms with E-state index in [4.69, 9.17) is 10.5 Å². The van der Waals surface area contributed by atoms with Gasteiger partial charge in [0.25, 0.3) is 0 Å². The second-order valence-electron chi connectivity index (χ2n) is 2.81. The summed E-state index contributed by atoms with van der Waals surface area (Å²) in [6, 6.07) is 0. The highest BCUT2D eigenvalue weighted by Gasteiger charge is 2.16. The van der Waals surface area contributed by atoms with Gasteiger partial charge in [-0.2, -0.15) is 0 Å². The highest BCUT2D eigenvalue weighted by Crippen LogP contribution is 2.17. The van der Waals surface area contributed by atoms with E-state index in [9.17, 15) is 4.79 Å². The highest BCUT2D eigenvalue weighted by atomic mass is 16.5. The van der Waals surface area contributed by atoms with Crippen LogP contribution in [0.5, 0.6) is 0 Å². The number of hydrogen-bond donors (Lipinski definition) is 1. The topological polar surface area (TPSA) is 78.1 Å². The molecule has 1 aromatic heterocycles. The van der Waals surface area contributed by atoms with Gasteiger partial charge in [0.05, 0.1) is 18.9 Å². The van der Waals surface area contributed by atoms with E-state index < -0.39 is 0 Å². The van der Waals surface area contributed by atoms with Gasteiger partial charge < -0.3 is 10.5 Å². The zero-order chi connectivity index (χ0) is 9.26. The number of aromatic nitrogens is 2. The molecule has 0 unspecified atom stereocenters. The number of nitrogens with zero attached hydrogens (tertiary/aromatic N) is 2. The molecule has 0 radical (unpaired) electrons. The summed E-state index contributed by atoms with van der Waals surface area (Å²) >= 11 is 0. The lowest BCUT2D eigenvalue weighted by molar-refractivity contribution is 0.104. The SMILES string of the molecule is Nc1nc(C=O)c2c(n1)COCC2. The first-order valence-corrected chi connectivity index (χ1v) is 3.99. The van der Waals surface area contributed by atoms with Gasteiger partial charge in [-0.15, -0.1) is 0 Å². The van der Waals surface area contributed by atoms with Gasteiger partial charge in [0, 0.05) is 5.56 Å². The molecule has 0 aliphatic carbocycles. The fourth-order valence-corrected chi connectivity index (χ4v) is 1.40. The van der Waals surface area contributed by atoms with Crippen molar-refractivity contribution < 1.29 is 9.53 Å². The van der Waals surface area contributed by atoms with Crippen LogP contribution in [0, 0.1) is 0 Å². The maximum Gasteiger partial charge on any atom is 0.220 e. The normalized spacial score (nSPS) is 15.1. The maximum absolute atomic E-state index is 10.6. The van der Waals surface area contributed by atoms with Gasteiger partial charge in [-0.25, -0.2) is 9.97 Å². The zero-order valence-corrected chi connectivity index (χ0v) is 6.99. The summed E-state index contributed by atoms with van der Waals surface area (Å²) in [5.74, 6) is 0.131. The van der Waals surface area contributed by atoms with E-state index in [-0.39, 0.29) is 5.95 Å². The lowest BCUT2D eigenvalue weighted by Gasteiger charge is -2.16. The molecule has 0 saturated carbocycles. The molecule has 68 valence electrons. The van der Waals surface area contributed by atoms with Crippen molar-refractivity contribution in [3.05, 3.63) is 17.0 Å². The molecule has 0 spiro atoms. The highest BCUT2D eigenvalue weighted by molar-refractivity contribution is 5.75. The Bertz CT molecular complexity index is 351. The van der Waals surface area contributed by atoms with E-state index >= 15 is 0 Å². The lowest BCUT2D eigenvalue weighted by atomic mass is 10.1. The van der Waals surface area contributed by atoms with Gasteiger partial charge in [0.1, 0.15) is 5.69 Å². The molecule has 2 rings (SSSR count). The largest absolute Gasteiger partial charge is 0.375 e. The fourth-order valence-electron chi connectivity index (χ4n) is 1.40. The molecule has 1 aromatic rings. The molecule has 0 saturated heterocycles. The summed E-state index contributed by atoms with van der Waals surface area (Å²) < 4.78 is 5.19. The number of nitrogen functional groups attached to an aromatic ring is 1. The number of carbonyl (C=O) groups excluding carboxylic acids is 1. The molecular formula is C8H9N3O2. The van der Waals surface area contributed by atoms with E-state index in [0.717, 1.165) is 11.3 Å². The molecule has 2 N–H and O–H groups in total. The van der Waals surface area contributed by atoms with Crippen molar-refractivity contribution in [1.82, 2.24) is 9.97 Å². The maximum atomic E-state index is 10.6. The molecule has 13 heavy (non-hydrogen) atoms. The molecule has 5 heteroatoms. The summed E-state index contributed by atoms with van der Waals surface area (Å²) in [6.45, 7) is 1.03. The quantitative estimate of drug-likeness (QED) is 0.611. The molecular weight excluding hydrogens is 170 g/mol. The van der Waals surface area contributed by atoms with Gasteiger partial charge in [-0.1, -0.05) is 0 Å². The van der Waals surface area contributed by atoms with Crippen molar-refractivity contribution in [2.75, 3.05) is 12.3 Å². The Morgan fingerprint density at radius 3 is 3.08 bits per heavy atom. The molecule has 2 heterocycles. The third-order valence-electron chi connectivity index (χ3n) is 1.99. The third-order valence-corrected chi connectivity index (χ3v) is 1.99. The predicted molar refractivity (Wildman–Crippen MR) is 45.2 cm³/mol. The number of aldehydes is 1. The van der Waals surface area contributed by atoms with Crippen molar-refractivity contribution in [3.8, 4) is 0 Å². The number of nitrogens with two attached hydrogens (primary N) is 1. The molecule has 0 bridgehead atoms. The van der Waals surface area contributed by atoms with E-state index in [1.165, 1.54) is 0 Å². The van der Waals surface area contributed by atoms with Gasteiger partial charge in [0.2, 0.25) is 5.95 Å². The predicted octanol–water partition coefficient (Wildman–Crippen LogP) is -0.0560. The van der Waals surface area contributed by atoms with Crippen LogP contribution in [0.4, 0.5) is 5.95 Å². The number of hydrogen-bond acceptors (Lipinski definition) is 5. The molecule has 5 nitrogen and oxygen atoms in total. The average Bonchev–Trinajstić information content (AvgIpc) is 2.16. The Kier molecular flexibility index (Phi) is 1.94. The van der Waals surface area contributed by atoms with Crippen molar-refractivity contribution in [3.63, 3.8) is 0 Å². The van der Waals surface area contributed by atoms with Crippen LogP contribution in [-0.4, -0.2) is 22.9 Å². The summed E-state index contributed by atoms with van der Waals surface area (Å²) in [5, 5.41) is 0. The lowest BCUT2D eigenvalue weighted by Crippen LogP contribution is -2.17. The van der Waals surface area contributed by atoms with Crippen LogP contribution >= 0.6 is 0 Å². The second kappa shape index (κ2) is 3.10.